The van der Waals surface area contributed by atoms with Crippen molar-refractivity contribution in [2.24, 2.45) is 5.10 Å². The molecule has 25 heavy (non-hydrogen) atoms. The van der Waals surface area contributed by atoms with Gasteiger partial charge in [0.1, 0.15) is 0 Å². The Morgan fingerprint density at radius 3 is 2.80 bits per heavy atom. The van der Waals surface area contributed by atoms with Crippen molar-refractivity contribution in [2.75, 3.05) is 12.5 Å². The van der Waals surface area contributed by atoms with Crippen LogP contribution in [0.5, 0.6) is 11.5 Å². The molecular formula is C17H13Cl2N3O2S. The highest BCUT2D eigenvalue weighted by atomic mass is 35.5. The Morgan fingerprint density at radius 2 is 2.04 bits per heavy atom. The molecule has 0 aliphatic heterocycles. The molecule has 0 radical (unpaired) electrons. The normalized spacial score (nSPS) is 11.0. The molecule has 0 fully saturated rings. The van der Waals surface area contributed by atoms with Crippen molar-refractivity contribution in [1.82, 2.24) is 4.98 Å². The lowest BCUT2D eigenvalue weighted by atomic mass is 10.2. The number of phenolic OH excluding ortho intramolecular Hbond substituents is 1. The Bertz CT molecular complexity index is 928. The highest BCUT2D eigenvalue weighted by Crippen LogP contribution is 2.30. The zero-order valence-electron chi connectivity index (χ0n) is 13.0. The molecule has 0 atom stereocenters. The van der Waals surface area contributed by atoms with Crippen molar-refractivity contribution in [2.45, 2.75) is 0 Å². The van der Waals surface area contributed by atoms with Crippen LogP contribution in [0.15, 0.2) is 46.9 Å². The fraction of sp³-hybridized carbons (Fsp3) is 0.0588. The quantitative estimate of drug-likeness (QED) is 0.457. The fourth-order valence-electron chi connectivity index (χ4n) is 2.05. The standard InChI is InChI=1S/C17H13Cl2N3O2S/c1-24-16-6-10(2-5-15(16)23)8-20-22-17-21-14(9-25-17)11-3-4-12(18)13(19)7-11/h2-9,23H,1H3,(H,21,22)/b20-8+. The number of aromatic hydroxyl groups is 1. The number of methoxy groups -OCH3 is 1. The first-order valence-electron chi connectivity index (χ1n) is 7.14. The second kappa shape index (κ2) is 7.74. The molecule has 0 spiro atoms. The lowest BCUT2D eigenvalue weighted by molar-refractivity contribution is 0.373. The second-order valence-electron chi connectivity index (χ2n) is 4.97. The number of hydrazone groups is 1. The summed E-state index contributed by atoms with van der Waals surface area (Å²) in [6.45, 7) is 0. The van der Waals surface area contributed by atoms with E-state index in [9.17, 15) is 5.11 Å². The van der Waals surface area contributed by atoms with Crippen LogP contribution in [0.2, 0.25) is 10.0 Å². The van der Waals surface area contributed by atoms with Crippen LogP contribution in [-0.4, -0.2) is 23.4 Å². The van der Waals surface area contributed by atoms with Crippen LogP contribution in [0.1, 0.15) is 5.56 Å². The number of halogens is 2. The number of nitrogens with zero attached hydrogens (tertiary/aromatic N) is 2. The van der Waals surface area contributed by atoms with Crippen molar-refractivity contribution < 1.29 is 9.84 Å². The van der Waals surface area contributed by atoms with Gasteiger partial charge in [-0.2, -0.15) is 5.10 Å². The molecule has 0 aliphatic carbocycles. The minimum atomic E-state index is 0.0822. The van der Waals surface area contributed by atoms with E-state index in [0.717, 1.165) is 16.8 Å². The Hall–Kier alpha value is -2.28. The van der Waals surface area contributed by atoms with E-state index in [0.29, 0.717) is 20.9 Å². The van der Waals surface area contributed by atoms with Gasteiger partial charge in [0, 0.05) is 10.9 Å². The summed E-state index contributed by atoms with van der Waals surface area (Å²) in [5, 5.41) is 17.3. The molecule has 2 N–H and O–H groups in total. The Morgan fingerprint density at radius 1 is 1.20 bits per heavy atom. The summed E-state index contributed by atoms with van der Waals surface area (Å²) < 4.78 is 5.06. The van der Waals surface area contributed by atoms with Crippen molar-refractivity contribution >= 4 is 45.9 Å². The molecule has 2 aromatic carbocycles. The number of aromatic nitrogens is 1. The number of nitrogens with one attached hydrogen (secondary N) is 1. The number of benzene rings is 2. The molecule has 0 saturated heterocycles. The van der Waals surface area contributed by atoms with Gasteiger partial charge >= 0.3 is 0 Å². The van der Waals surface area contributed by atoms with E-state index < -0.39 is 0 Å². The zero-order chi connectivity index (χ0) is 17.8. The molecule has 5 nitrogen and oxygen atoms in total. The maximum atomic E-state index is 9.57. The number of anilines is 1. The predicted molar refractivity (Wildman–Crippen MR) is 103 cm³/mol. The average molecular weight is 394 g/mol. The average Bonchev–Trinajstić information content (AvgIpc) is 3.07. The topological polar surface area (TPSA) is 66.7 Å². The molecule has 1 heterocycles. The third kappa shape index (κ3) is 4.22. The SMILES string of the molecule is COc1cc(/C=N/Nc2nc(-c3ccc(Cl)c(Cl)c3)cs2)ccc1O. The van der Waals surface area contributed by atoms with E-state index in [4.69, 9.17) is 27.9 Å². The lowest BCUT2D eigenvalue weighted by Crippen LogP contribution is -1.91. The number of rotatable bonds is 5. The number of hydrogen-bond acceptors (Lipinski definition) is 6. The molecular weight excluding hydrogens is 381 g/mol. The summed E-state index contributed by atoms with van der Waals surface area (Å²) in [5.41, 5.74) is 5.32. The van der Waals surface area contributed by atoms with E-state index in [1.165, 1.54) is 18.4 Å². The van der Waals surface area contributed by atoms with E-state index in [-0.39, 0.29) is 5.75 Å². The molecule has 0 unspecified atom stereocenters. The maximum absolute atomic E-state index is 9.57. The monoisotopic (exact) mass is 393 g/mol. The molecule has 0 aliphatic rings. The van der Waals surface area contributed by atoms with Crippen LogP contribution < -0.4 is 10.2 Å². The molecule has 0 amide bonds. The van der Waals surface area contributed by atoms with Gasteiger partial charge in [0.15, 0.2) is 11.5 Å². The van der Waals surface area contributed by atoms with Crippen LogP contribution >= 0.6 is 34.5 Å². The van der Waals surface area contributed by atoms with Gasteiger partial charge in [0.2, 0.25) is 5.13 Å². The molecule has 0 bridgehead atoms. The van der Waals surface area contributed by atoms with E-state index >= 15 is 0 Å². The Balaban J connectivity index is 1.70. The van der Waals surface area contributed by atoms with Crippen molar-refractivity contribution in [3.8, 4) is 22.8 Å². The van der Waals surface area contributed by atoms with Crippen molar-refractivity contribution in [3.05, 3.63) is 57.4 Å². The molecule has 3 rings (SSSR count). The number of ether oxygens (including phenoxy) is 1. The smallest absolute Gasteiger partial charge is 0.203 e. The van der Waals surface area contributed by atoms with Gasteiger partial charge in [-0.1, -0.05) is 29.3 Å². The van der Waals surface area contributed by atoms with E-state index in [1.807, 2.05) is 11.4 Å². The Labute approximate surface area is 158 Å². The van der Waals surface area contributed by atoms with Gasteiger partial charge in [-0.05, 0) is 35.9 Å². The molecule has 1 aromatic heterocycles. The number of hydrogen-bond donors (Lipinski definition) is 2. The molecule has 3 aromatic rings. The highest BCUT2D eigenvalue weighted by molar-refractivity contribution is 7.14. The fourth-order valence-corrected chi connectivity index (χ4v) is 3.02. The third-order valence-electron chi connectivity index (χ3n) is 3.30. The van der Waals surface area contributed by atoms with E-state index in [2.05, 4.69) is 15.5 Å². The summed E-state index contributed by atoms with van der Waals surface area (Å²) in [6, 6.07) is 10.3. The Kier molecular flexibility index (Phi) is 5.43. The first-order chi connectivity index (χ1) is 12.1. The highest BCUT2D eigenvalue weighted by Gasteiger charge is 2.06. The largest absolute Gasteiger partial charge is 0.504 e. The summed E-state index contributed by atoms with van der Waals surface area (Å²) in [6.07, 6.45) is 1.61. The molecule has 8 heteroatoms. The molecule has 0 saturated carbocycles. The minimum absolute atomic E-state index is 0.0822. The maximum Gasteiger partial charge on any atom is 0.203 e. The summed E-state index contributed by atoms with van der Waals surface area (Å²) in [5.74, 6) is 0.471. The summed E-state index contributed by atoms with van der Waals surface area (Å²) in [7, 11) is 1.49. The summed E-state index contributed by atoms with van der Waals surface area (Å²) in [4.78, 5) is 4.46. The van der Waals surface area contributed by atoms with Gasteiger partial charge in [-0.3, -0.25) is 5.43 Å². The first kappa shape index (κ1) is 17.5. The van der Waals surface area contributed by atoms with Crippen LogP contribution in [-0.2, 0) is 0 Å². The van der Waals surface area contributed by atoms with Gasteiger partial charge in [0.25, 0.3) is 0 Å². The predicted octanol–water partition coefficient (Wildman–Crippen LogP) is 5.28. The van der Waals surface area contributed by atoms with Crippen LogP contribution in [0.4, 0.5) is 5.13 Å². The first-order valence-corrected chi connectivity index (χ1v) is 8.77. The lowest BCUT2D eigenvalue weighted by Gasteiger charge is -2.03. The number of phenols is 1. The van der Waals surface area contributed by atoms with Gasteiger partial charge in [-0.15, -0.1) is 11.3 Å². The van der Waals surface area contributed by atoms with Crippen LogP contribution in [0.25, 0.3) is 11.3 Å². The zero-order valence-corrected chi connectivity index (χ0v) is 15.4. The van der Waals surface area contributed by atoms with Crippen molar-refractivity contribution in [1.29, 1.82) is 0 Å². The van der Waals surface area contributed by atoms with Crippen LogP contribution in [0.3, 0.4) is 0 Å². The third-order valence-corrected chi connectivity index (χ3v) is 4.78. The van der Waals surface area contributed by atoms with Crippen LogP contribution in [0, 0.1) is 0 Å². The number of thiazole rings is 1. The van der Waals surface area contributed by atoms with Gasteiger partial charge in [-0.25, -0.2) is 4.98 Å². The molecule has 128 valence electrons. The second-order valence-corrected chi connectivity index (χ2v) is 6.64. The van der Waals surface area contributed by atoms with Crippen molar-refractivity contribution in [3.63, 3.8) is 0 Å². The van der Waals surface area contributed by atoms with Gasteiger partial charge < -0.3 is 9.84 Å². The minimum Gasteiger partial charge on any atom is -0.504 e. The summed E-state index contributed by atoms with van der Waals surface area (Å²) >= 11 is 13.4. The van der Waals surface area contributed by atoms with Gasteiger partial charge in [0.05, 0.1) is 29.1 Å². The van der Waals surface area contributed by atoms with E-state index in [1.54, 1.807) is 36.5 Å².